The number of nitrogens with zero attached hydrogens (tertiary/aromatic N) is 3. The monoisotopic (exact) mass is 376 g/mol. The summed E-state index contributed by atoms with van der Waals surface area (Å²) in [6.45, 7) is 1.56. The summed E-state index contributed by atoms with van der Waals surface area (Å²) in [6, 6.07) is 10.1. The van der Waals surface area contributed by atoms with E-state index in [1.54, 1.807) is 6.92 Å². The SMILES string of the molecule is Cc1cc(C(F)(F)F)nc2sc(-c3nnc(-c4ccccc4)o3)c(N)c12. The number of nitrogens with two attached hydrogens (primary N) is 1. The van der Waals surface area contributed by atoms with Crippen LogP contribution in [0, 0.1) is 6.92 Å². The van der Waals surface area contributed by atoms with E-state index in [9.17, 15) is 13.2 Å². The molecular weight excluding hydrogens is 365 g/mol. The predicted octanol–water partition coefficient (Wildman–Crippen LogP) is 4.92. The number of halogens is 3. The van der Waals surface area contributed by atoms with Crippen LogP contribution in [0.25, 0.3) is 32.4 Å². The van der Waals surface area contributed by atoms with Crippen LogP contribution in [0.2, 0.25) is 0 Å². The van der Waals surface area contributed by atoms with Gasteiger partial charge >= 0.3 is 6.18 Å². The minimum Gasteiger partial charge on any atom is -0.415 e. The molecule has 0 fully saturated rings. The number of hydrogen-bond donors (Lipinski definition) is 1. The van der Waals surface area contributed by atoms with Crippen LogP contribution < -0.4 is 5.73 Å². The van der Waals surface area contributed by atoms with Crippen LogP contribution in [-0.2, 0) is 6.18 Å². The summed E-state index contributed by atoms with van der Waals surface area (Å²) in [6.07, 6.45) is -4.52. The number of aryl methyl sites for hydroxylation is 1. The van der Waals surface area contributed by atoms with Gasteiger partial charge in [0.2, 0.25) is 5.89 Å². The maximum Gasteiger partial charge on any atom is 0.433 e. The van der Waals surface area contributed by atoms with Crippen LogP contribution in [0.1, 0.15) is 11.3 Å². The smallest absolute Gasteiger partial charge is 0.415 e. The molecule has 0 amide bonds. The molecule has 0 saturated carbocycles. The number of hydrogen-bond acceptors (Lipinski definition) is 6. The van der Waals surface area contributed by atoms with E-state index in [0.29, 0.717) is 21.7 Å². The van der Waals surface area contributed by atoms with Crippen molar-refractivity contribution in [1.29, 1.82) is 0 Å². The summed E-state index contributed by atoms with van der Waals surface area (Å²) >= 11 is 0.998. The second-order valence-corrected chi connectivity index (χ2v) is 6.62. The zero-order valence-electron chi connectivity index (χ0n) is 13.3. The first-order valence-electron chi connectivity index (χ1n) is 7.50. The number of aromatic nitrogens is 3. The Morgan fingerprint density at radius 1 is 1.08 bits per heavy atom. The van der Waals surface area contributed by atoms with E-state index in [1.165, 1.54) is 0 Å². The first-order valence-corrected chi connectivity index (χ1v) is 8.32. The number of benzene rings is 1. The molecular formula is C17H11F3N4OS. The predicted molar refractivity (Wildman–Crippen MR) is 92.5 cm³/mol. The molecule has 4 aromatic rings. The molecule has 5 nitrogen and oxygen atoms in total. The van der Waals surface area contributed by atoms with Gasteiger partial charge in [-0.15, -0.1) is 21.5 Å². The molecule has 4 rings (SSSR count). The van der Waals surface area contributed by atoms with Crippen LogP contribution in [-0.4, -0.2) is 15.2 Å². The first-order chi connectivity index (χ1) is 12.3. The highest BCUT2D eigenvalue weighted by atomic mass is 32.1. The van der Waals surface area contributed by atoms with Gasteiger partial charge in [-0.05, 0) is 30.7 Å². The quantitative estimate of drug-likeness (QED) is 0.537. The molecule has 3 heterocycles. The van der Waals surface area contributed by atoms with Crippen LogP contribution in [0.15, 0.2) is 40.8 Å². The minimum absolute atomic E-state index is 0.150. The number of alkyl halides is 3. The average molecular weight is 376 g/mol. The van der Waals surface area contributed by atoms with Gasteiger partial charge in [-0.2, -0.15) is 13.2 Å². The van der Waals surface area contributed by atoms with E-state index in [-0.39, 0.29) is 16.4 Å². The first kappa shape index (κ1) is 16.5. The molecule has 0 unspecified atom stereocenters. The Labute approximate surface area is 149 Å². The van der Waals surface area contributed by atoms with E-state index in [4.69, 9.17) is 10.2 Å². The van der Waals surface area contributed by atoms with Crippen molar-refractivity contribution in [2.24, 2.45) is 0 Å². The lowest BCUT2D eigenvalue weighted by Gasteiger charge is -2.07. The molecule has 0 atom stereocenters. The molecule has 0 aliphatic heterocycles. The third-order valence-corrected chi connectivity index (χ3v) is 4.91. The largest absolute Gasteiger partial charge is 0.433 e. The normalized spacial score (nSPS) is 12.0. The van der Waals surface area contributed by atoms with Crippen molar-refractivity contribution in [2.45, 2.75) is 13.1 Å². The van der Waals surface area contributed by atoms with Crippen molar-refractivity contribution in [1.82, 2.24) is 15.2 Å². The molecule has 0 saturated heterocycles. The summed E-state index contributed by atoms with van der Waals surface area (Å²) in [7, 11) is 0. The van der Waals surface area contributed by atoms with Gasteiger partial charge in [0.1, 0.15) is 15.4 Å². The maximum absolute atomic E-state index is 13.0. The molecule has 0 bridgehead atoms. The maximum atomic E-state index is 13.0. The van der Waals surface area contributed by atoms with Gasteiger partial charge in [0.15, 0.2) is 0 Å². The fraction of sp³-hybridized carbons (Fsp3) is 0.118. The Hall–Kier alpha value is -2.94. The van der Waals surface area contributed by atoms with Crippen LogP contribution in [0.4, 0.5) is 18.9 Å². The fourth-order valence-corrected chi connectivity index (χ4v) is 3.72. The summed E-state index contributed by atoms with van der Waals surface area (Å²) < 4.78 is 44.6. The summed E-state index contributed by atoms with van der Waals surface area (Å²) in [5.74, 6) is 0.454. The number of pyridine rings is 1. The van der Waals surface area contributed by atoms with Gasteiger partial charge in [-0.25, -0.2) is 4.98 Å². The van der Waals surface area contributed by atoms with Crippen LogP contribution in [0.5, 0.6) is 0 Å². The lowest BCUT2D eigenvalue weighted by molar-refractivity contribution is -0.141. The fourth-order valence-electron chi connectivity index (χ4n) is 2.63. The Bertz CT molecular complexity index is 1100. The lowest BCUT2D eigenvalue weighted by atomic mass is 10.1. The van der Waals surface area contributed by atoms with Crippen LogP contribution >= 0.6 is 11.3 Å². The number of fused-ring (bicyclic) bond motifs is 1. The number of nitrogen functional groups attached to an aromatic ring is 1. The van der Waals surface area contributed by atoms with E-state index in [1.807, 2.05) is 30.3 Å². The highest BCUT2D eigenvalue weighted by Crippen LogP contribution is 2.43. The Morgan fingerprint density at radius 2 is 1.77 bits per heavy atom. The minimum atomic E-state index is -4.52. The lowest BCUT2D eigenvalue weighted by Crippen LogP contribution is -2.08. The Balaban J connectivity index is 1.84. The second-order valence-electron chi connectivity index (χ2n) is 5.63. The van der Waals surface area contributed by atoms with Crippen molar-refractivity contribution in [2.75, 3.05) is 5.73 Å². The molecule has 3 aromatic heterocycles. The van der Waals surface area contributed by atoms with Gasteiger partial charge in [-0.1, -0.05) is 18.2 Å². The molecule has 132 valence electrons. The summed E-state index contributed by atoms with van der Waals surface area (Å²) in [5.41, 5.74) is 6.60. The van der Waals surface area contributed by atoms with E-state index in [0.717, 1.165) is 23.0 Å². The summed E-state index contributed by atoms with van der Waals surface area (Å²) in [5, 5.41) is 8.44. The summed E-state index contributed by atoms with van der Waals surface area (Å²) in [4.78, 5) is 4.29. The number of rotatable bonds is 2. The molecule has 9 heteroatoms. The van der Waals surface area contributed by atoms with Gasteiger partial charge in [-0.3, -0.25) is 0 Å². The van der Waals surface area contributed by atoms with Gasteiger partial charge in [0, 0.05) is 10.9 Å². The van der Waals surface area contributed by atoms with Crippen molar-refractivity contribution < 1.29 is 17.6 Å². The van der Waals surface area contributed by atoms with Crippen molar-refractivity contribution in [3.8, 4) is 22.2 Å². The molecule has 0 radical (unpaired) electrons. The number of thiophene rings is 1. The highest BCUT2D eigenvalue weighted by Gasteiger charge is 2.34. The van der Waals surface area contributed by atoms with E-state index in [2.05, 4.69) is 15.2 Å². The number of anilines is 1. The average Bonchev–Trinajstić information content (AvgIpc) is 3.20. The topological polar surface area (TPSA) is 77.8 Å². The van der Waals surface area contributed by atoms with Gasteiger partial charge < -0.3 is 10.2 Å². The van der Waals surface area contributed by atoms with Crippen molar-refractivity contribution >= 4 is 27.2 Å². The van der Waals surface area contributed by atoms with Gasteiger partial charge in [0.05, 0.1) is 5.69 Å². The third kappa shape index (κ3) is 2.70. The Morgan fingerprint density at radius 3 is 2.46 bits per heavy atom. The van der Waals surface area contributed by atoms with Crippen LogP contribution in [0.3, 0.4) is 0 Å². The zero-order valence-corrected chi connectivity index (χ0v) is 14.1. The molecule has 1 aromatic carbocycles. The molecule has 26 heavy (non-hydrogen) atoms. The Kier molecular flexibility index (Phi) is 3.69. The highest BCUT2D eigenvalue weighted by molar-refractivity contribution is 7.22. The standard InChI is InChI=1S/C17H11F3N4OS/c1-8-7-10(17(18,19)20)22-16-11(8)12(21)13(26-16)15-24-23-14(25-15)9-5-3-2-4-6-9/h2-7H,21H2,1H3. The third-order valence-electron chi connectivity index (χ3n) is 3.83. The molecule has 0 aliphatic rings. The second kappa shape index (κ2) is 5.80. The zero-order chi connectivity index (χ0) is 18.5. The van der Waals surface area contributed by atoms with Gasteiger partial charge in [0.25, 0.3) is 5.89 Å². The van der Waals surface area contributed by atoms with E-state index >= 15 is 0 Å². The van der Waals surface area contributed by atoms with E-state index < -0.39 is 11.9 Å². The molecule has 0 spiro atoms. The molecule has 0 aliphatic carbocycles. The van der Waals surface area contributed by atoms with Crippen molar-refractivity contribution in [3.05, 3.63) is 47.7 Å². The molecule has 2 N–H and O–H groups in total. The van der Waals surface area contributed by atoms with Crippen molar-refractivity contribution in [3.63, 3.8) is 0 Å².